The molecule has 0 saturated carbocycles. The Morgan fingerprint density at radius 2 is 1.94 bits per heavy atom. The molecule has 2 aromatic rings. The Labute approximate surface area is 114 Å². The molecule has 1 saturated heterocycles. The van der Waals surface area contributed by atoms with Crippen LogP contribution in [0.3, 0.4) is 0 Å². The standard InChI is InChI=1S/C13H13BrN2O2/c14-12-3-1-11(2-4-12)13(17-7-8-18-13)9-16-6-5-15-10-16/h1-6,10H,7-9H2. The second kappa shape index (κ2) is 4.84. The van der Waals surface area contributed by atoms with Crippen LogP contribution in [0.15, 0.2) is 47.5 Å². The first kappa shape index (κ1) is 11.9. The summed E-state index contributed by atoms with van der Waals surface area (Å²) in [6, 6.07) is 8.03. The van der Waals surface area contributed by atoms with E-state index in [0.717, 1.165) is 10.0 Å². The van der Waals surface area contributed by atoms with Crippen molar-refractivity contribution in [1.29, 1.82) is 0 Å². The molecule has 1 fully saturated rings. The van der Waals surface area contributed by atoms with Crippen molar-refractivity contribution in [1.82, 2.24) is 9.55 Å². The van der Waals surface area contributed by atoms with Gasteiger partial charge in [0.25, 0.3) is 0 Å². The minimum Gasteiger partial charge on any atom is -0.342 e. The highest BCUT2D eigenvalue weighted by Gasteiger charge is 2.38. The summed E-state index contributed by atoms with van der Waals surface area (Å²) in [4.78, 5) is 4.05. The highest BCUT2D eigenvalue weighted by atomic mass is 79.9. The Kier molecular flexibility index (Phi) is 3.20. The van der Waals surface area contributed by atoms with Crippen molar-refractivity contribution in [3.05, 3.63) is 53.0 Å². The van der Waals surface area contributed by atoms with E-state index in [1.54, 1.807) is 12.5 Å². The summed E-state index contributed by atoms with van der Waals surface area (Å²) >= 11 is 3.44. The van der Waals surface area contributed by atoms with E-state index in [4.69, 9.17) is 9.47 Å². The van der Waals surface area contributed by atoms with E-state index in [2.05, 4.69) is 20.9 Å². The number of halogens is 1. The SMILES string of the molecule is Brc1ccc(C2(Cn3ccnc3)OCCO2)cc1. The molecule has 0 spiro atoms. The lowest BCUT2D eigenvalue weighted by molar-refractivity contribution is -0.176. The molecule has 0 aliphatic carbocycles. The summed E-state index contributed by atoms with van der Waals surface area (Å²) < 4.78 is 14.7. The molecule has 1 aliphatic heterocycles. The first-order chi connectivity index (χ1) is 8.78. The third-order valence-corrected chi connectivity index (χ3v) is 3.52. The van der Waals surface area contributed by atoms with Gasteiger partial charge in [-0.3, -0.25) is 0 Å². The summed E-state index contributed by atoms with van der Waals surface area (Å²) in [6.45, 7) is 1.84. The maximum Gasteiger partial charge on any atom is 0.213 e. The predicted molar refractivity (Wildman–Crippen MR) is 70.0 cm³/mol. The van der Waals surface area contributed by atoms with E-state index >= 15 is 0 Å². The summed E-state index contributed by atoms with van der Waals surface area (Å²) in [5.41, 5.74) is 1.02. The minimum atomic E-state index is -0.693. The molecule has 0 unspecified atom stereocenters. The molecule has 0 N–H and O–H groups in total. The molecule has 1 aromatic heterocycles. The van der Waals surface area contributed by atoms with Gasteiger partial charge in [0.2, 0.25) is 5.79 Å². The molecule has 3 rings (SSSR count). The van der Waals surface area contributed by atoms with E-state index in [0.29, 0.717) is 19.8 Å². The van der Waals surface area contributed by atoms with Crippen LogP contribution in [0.4, 0.5) is 0 Å². The van der Waals surface area contributed by atoms with Gasteiger partial charge in [-0.2, -0.15) is 0 Å². The fraction of sp³-hybridized carbons (Fsp3) is 0.308. The van der Waals surface area contributed by atoms with Crippen LogP contribution in [-0.4, -0.2) is 22.8 Å². The van der Waals surface area contributed by atoms with Crippen molar-refractivity contribution >= 4 is 15.9 Å². The highest BCUT2D eigenvalue weighted by Crippen LogP contribution is 2.33. The summed E-state index contributed by atoms with van der Waals surface area (Å²) in [7, 11) is 0. The van der Waals surface area contributed by atoms with Crippen molar-refractivity contribution in [3.63, 3.8) is 0 Å². The van der Waals surface area contributed by atoms with Gasteiger partial charge in [-0.05, 0) is 12.1 Å². The van der Waals surface area contributed by atoms with Crippen LogP contribution in [0, 0.1) is 0 Å². The Bertz CT molecular complexity index is 504. The van der Waals surface area contributed by atoms with Gasteiger partial charge in [0, 0.05) is 22.4 Å². The molecular weight excluding hydrogens is 296 g/mol. The molecular formula is C13H13BrN2O2. The molecule has 1 aliphatic rings. The fourth-order valence-corrected chi connectivity index (χ4v) is 2.39. The summed E-state index contributed by atoms with van der Waals surface area (Å²) in [6.07, 6.45) is 5.43. The van der Waals surface area contributed by atoms with Crippen LogP contribution in [0.5, 0.6) is 0 Å². The molecule has 5 heteroatoms. The van der Waals surface area contributed by atoms with E-state index in [1.807, 2.05) is 35.0 Å². The smallest absolute Gasteiger partial charge is 0.213 e. The minimum absolute atomic E-state index is 0.606. The van der Waals surface area contributed by atoms with Crippen molar-refractivity contribution < 1.29 is 9.47 Å². The lowest BCUT2D eigenvalue weighted by atomic mass is 10.1. The van der Waals surface area contributed by atoms with Crippen LogP contribution in [0.2, 0.25) is 0 Å². The van der Waals surface area contributed by atoms with E-state index < -0.39 is 5.79 Å². The van der Waals surface area contributed by atoms with Gasteiger partial charge in [0.1, 0.15) is 0 Å². The van der Waals surface area contributed by atoms with E-state index in [9.17, 15) is 0 Å². The van der Waals surface area contributed by atoms with Gasteiger partial charge in [-0.1, -0.05) is 28.1 Å². The normalized spacial score (nSPS) is 18.1. The van der Waals surface area contributed by atoms with Crippen LogP contribution >= 0.6 is 15.9 Å². The third kappa shape index (κ3) is 2.21. The van der Waals surface area contributed by atoms with Crippen LogP contribution < -0.4 is 0 Å². The Balaban J connectivity index is 1.93. The van der Waals surface area contributed by atoms with Crippen molar-refractivity contribution in [2.24, 2.45) is 0 Å². The number of aromatic nitrogens is 2. The molecule has 0 amide bonds. The number of nitrogens with zero attached hydrogens (tertiary/aromatic N) is 2. The monoisotopic (exact) mass is 308 g/mol. The number of hydrogen-bond donors (Lipinski definition) is 0. The topological polar surface area (TPSA) is 36.3 Å². The zero-order valence-electron chi connectivity index (χ0n) is 9.75. The number of rotatable bonds is 3. The van der Waals surface area contributed by atoms with Crippen molar-refractivity contribution in [3.8, 4) is 0 Å². The molecule has 2 heterocycles. The largest absolute Gasteiger partial charge is 0.342 e. The molecule has 18 heavy (non-hydrogen) atoms. The average Bonchev–Trinajstić information content (AvgIpc) is 3.03. The van der Waals surface area contributed by atoms with Gasteiger partial charge in [0.05, 0.1) is 26.1 Å². The number of benzene rings is 1. The number of ether oxygens (including phenoxy) is 2. The zero-order valence-corrected chi connectivity index (χ0v) is 11.3. The van der Waals surface area contributed by atoms with E-state index in [-0.39, 0.29) is 0 Å². The molecule has 94 valence electrons. The van der Waals surface area contributed by atoms with Gasteiger partial charge >= 0.3 is 0 Å². The Hall–Kier alpha value is -1.17. The summed E-state index contributed by atoms with van der Waals surface area (Å²) in [5.74, 6) is -0.693. The van der Waals surface area contributed by atoms with Crippen LogP contribution in [-0.2, 0) is 21.8 Å². The second-order valence-electron chi connectivity index (χ2n) is 4.19. The molecule has 0 bridgehead atoms. The maximum atomic E-state index is 5.85. The van der Waals surface area contributed by atoms with Crippen molar-refractivity contribution in [2.45, 2.75) is 12.3 Å². The quantitative estimate of drug-likeness (QED) is 0.874. The third-order valence-electron chi connectivity index (χ3n) is 2.99. The maximum absolute atomic E-state index is 5.85. The molecule has 1 aromatic carbocycles. The van der Waals surface area contributed by atoms with Gasteiger partial charge in [0.15, 0.2) is 0 Å². The highest BCUT2D eigenvalue weighted by molar-refractivity contribution is 9.10. The average molecular weight is 309 g/mol. The van der Waals surface area contributed by atoms with Gasteiger partial charge < -0.3 is 14.0 Å². The van der Waals surface area contributed by atoms with E-state index in [1.165, 1.54) is 0 Å². The first-order valence-electron chi connectivity index (χ1n) is 5.78. The second-order valence-corrected chi connectivity index (χ2v) is 5.11. The fourth-order valence-electron chi connectivity index (χ4n) is 2.13. The lowest BCUT2D eigenvalue weighted by Gasteiger charge is -2.28. The summed E-state index contributed by atoms with van der Waals surface area (Å²) in [5, 5.41) is 0. The van der Waals surface area contributed by atoms with Crippen molar-refractivity contribution in [2.75, 3.05) is 13.2 Å². The molecule has 4 nitrogen and oxygen atoms in total. The van der Waals surface area contributed by atoms with Gasteiger partial charge in [-0.25, -0.2) is 4.98 Å². The van der Waals surface area contributed by atoms with Crippen LogP contribution in [0.1, 0.15) is 5.56 Å². The molecule has 0 atom stereocenters. The Morgan fingerprint density at radius 3 is 2.56 bits per heavy atom. The molecule has 0 radical (unpaired) electrons. The zero-order chi connectivity index (χ0) is 12.4. The Morgan fingerprint density at radius 1 is 1.22 bits per heavy atom. The van der Waals surface area contributed by atoms with Crippen LogP contribution in [0.25, 0.3) is 0 Å². The predicted octanol–water partition coefficient (Wildman–Crippen LogP) is 2.55. The first-order valence-corrected chi connectivity index (χ1v) is 6.57. The number of imidazole rings is 1. The lowest BCUT2D eigenvalue weighted by Crippen LogP contribution is -2.32. The van der Waals surface area contributed by atoms with Gasteiger partial charge in [-0.15, -0.1) is 0 Å². The number of hydrogen-bond acceptors (Lipinski definition) is 3.